The molecule has 4 nitrogen and oxygen atoms in total. The number of halogens is 2. The molecule has 0 radical (unpaired) electrons. The van der Waals surface area contributed by atoms with Crippen LogP contribution in [-0.4, -0.2) is 12.5 Å². The minimum absolute atomic E-state index is 0.0529. The Bertz CT molecular complexity index is 1150. The molecule has 0 aliphatic carbocycles. The van der Waals surface area contributed by atoms with E-state index >= 15 is 0 Å². The van der Waals surface area contributed by atoms with Crippen LogP contribution in [0, 0.1) is 17.1 Å². The van der Waals surface area contributed by atoms with Crippen molar-refractivity contribution in [2.45, 2.75) is 13.3 Å². The Labute approximate surface area is 185 Å². The van der Waals surface area contributed by atoms with Crippen LogP contribution in [0.1, 0.15) is 23.6 Å². The van der Waals surface area contributed by atoms with Crippen molar-refractivity contribution in [3.63, 3.8) is 0 Å². The lowest BCUT2D eigenvalue weighted by atomic mass is 10.0. The van der Waals surface area contributed by atoms with E-state index < -0.39 is 5.91 Å². The third kappa shape index (κ3) is 6.18. The van der Waals surface area contributed by atoms with Gasteiger partial charge in [0.1, 0.15) is 23.2 Å². The summed E-state index contributed by atoms with van der Waals surface area (Å²) >= 11 is 6.38. The van der Waals surface area contributed by atoms with Crippen LogP contribution < -0.4 is 10.1 Å². The molecule has 6 heteroatoms. The Hall–Kier alpha value is -3.62. The van der Waals surface area contributed by atoms with Gasteiger partial charge in [-0.2, -0.15) is 5.26 Å². The quantitative estimate of drug-likeness (QED) is 0.365. The van der Waals surface area contributed by atoms with Crippen molar-refractivity contribution < 1.29 is 13.9 Å². The summed E-state index contributed by atoms with van der Waals surface area (Å²) in [4.78, 5) is 12.5. The second kappa shape index (κ2) is 10.4. The number of benzene rings is 3. The second-order valence-corrected chi connectivity index (χ2v) is 7.15. The van der Waals surface area contributed by atoms with E-state index in [9.17, 15) is 14.4 Å². The first-order valence-corrected chi connectivity index (χ1v) is 10.0. The van der Waals surface area contributed by atoms with E-state index in [1.54, 1.807) is 48.5 Å². The van der Waals surface area contributed by atoms with Crippen LogP contribution in [0.3, 0.4) is 0 Å². The maximum atomic E-state index is 13.4. The SMILES string of the molecule is CCOc1ccc(NC(=O)/C(C#N)=C/c2ccc(Cc3cccc(F)c3)c(Cl)c2)cc1. The molecule has 1 amide bonds. The first kappa shape index (κ1) is 22.1. The molecule has 0 fully saturated rings. The molecule has 0 saturated carbocycles. The number of carbonyl (C=O) groups is 1. The maximum Gasteiger partial charge on any atom is 0.266 e. The van der Waals surface area contributed by atoms with Crippen molar-refractivity contribution in [3.8, 4) is 11.8 Å². The van der Waals surface area contributed by atoms with Crippen LogP contribution in [0.25, 0.3) is 6.08 Å². The van der Waals surface area contributed by atoms with E-state index in [1.165, 1.54) is 18.2 Å². The molecule has 3 aromatic rings. The number of nitriles is 1. The van der Waals surface area contributed by atoms with Crippen molar-refractivity contribution in [1.82, 2.24) is 0 Å². The Morgan fingerprint density at radius 1 is 1.16 bits per heavy atom. The molecular weight excluding hydrogens is 415 g/mol. The summed E-state index contributed by atoms with van der Waals surface area (Å²) in [5, 5.41) is 12.6. The summed E-state index contributed by atoms with van der Waals surface area (Å²) in [6, 6.07) is 20.4. The molecule has 0 bridgehead atoms. The summed E-state index contributed by atoms with van der Waals surface area (Å²) in [7, 11) is 0. The highest BCUT2D eigenvalue weighted by Gasteiger charge is 2.11. The summed E-state index contributed by atoms with van der Waals surface area (Å²) in [5.41, 5.74) is 2.74. The number of ether oxygens (including phenoxy) is 1. The van der Waals surface area contributed by atoms with Crippen LogP contribution in [0.4, 0.5) is 10.1 Å². The first-order chi connectivity index (χ1) is 15.0. The van der Waals surface area contributed by atoms with Crippen LogP contribution in [0.5, 0.6) is 5.75 Å². The largest absolute Gasteiger partial charge is 0.494 e. The number of anilines is 1. The summed E-state index contributed by atoms with van der Waals surface area (Å²) in [6.45, 7) is 2.44. The Morgan fingerprint density at radius 2 is 1.94 bits per heavy atom. The second-order valence-electron chi connectivity index (χ2n) is 6.74. The standard InChI is InChI=1S/C25H20ClFN2O2/c1-2-31-23-10-8-22(9-11-23)29-25(30)20(16-28)13-18-6-7-19(24(26)15-18)12-17-4-3-5-21(27)14-17/h3-11,13-15H,2,12H2,1H3,(H,29,30)/b20-13+. The van der Waals surface area contributed by atoms with Crippen molar-refractivity contribution in [3.05, 3.63) is 99.8 Å². The fraction of sp³-hybridized carbons (Fsp3) is 0.120. The summed E-state index contributed by atoms with van der Waals surface area (Å²) in [5.74, 6) is -0.124. The van der Waals surface area contributed by atoms with Crippen LogP contribution in [0.2, 0.25) is 5.02 Å². The average molecular weight is 435 g/mol. The van der Waals surface area contributed by atoms with E-state index in [2.05, 4.69) is 5.32 Å². The van der Waals surface area contributed by atoms with Gasteiger partial charge in [0.15, 0.2) is 0 Å². The lowest BCUT2D eigenvalue weighted by Gasteiger charge is -2.08. The van der Waals surface area contributed by atoms with Gasteiger partial charge >= 0.3 is 0 Å². The summed E-state index contributed by atoms with van der Waals surface area (Å²) < 4.78 is 18.8. The molecule has 0 aliphatic rings. The molecule has 31 heavy (non-hydrogen) atoms. The Morgan fingerprint density at radius 3 is 2.58 bits per heavy atom. The normalized spacial score (nSPS) is 11.0. The van der Waals surface area contributed by atoms with Crippen molar-refractivity contribution in [1.29, 1.82) is 5.26 Å². The van der Waals surface area contributed by atoms with Gasteiger partial charge in [0.2, 0.25) is 0 Å². The Balaban J connectivity index is 1.73. The molecule has 0 heterocycles. The van der Waals surface area contributed by atoms with Gasteiger partial charge in [-0.05, 0) is 78.6 Å². The zero-order chi connectivity index (χ0) is 22.2. The molecule has 0 unspecified atom stereocenters. The highest BCUT2D eigenvalue weighted by atomic mass is 35.5. The fourth-order valence-corrected chi connectivity index (χ4v) is 3.23. The lowest BCUT2D eigenvalue weighted by molar-refractivity contribution is -0.112. The fourth-order valence-electron chi connectivity index (χ4n) is 2.98. The lowest BCUT2D eigenvalue weighted by Crippen LogP contribution is -2.13. The van der Waals surface area contributed by atoms with Crippen LogP contribution in [0.15, 0.2) is 72.3 Å². The van der Waals surface area contributed by atoms with Crippen LogP contribution in [-0.2, 0) is 11.2 Å². The number of hydrogen-bond donors (Lipinski definition) is 1. The molecule has 0 aliphatic heterocycles. The predicted molar refractivity (Wildman–Crippen MR) is 120 cm³/mol. The highest BCUT2D eigenvalue weighted by Crippen LogP contribution is 2.23. The molecule has 3 aromatic carbocycles. The van der Waals surface area contributed by atoms with E-state index in [4.69, 9.17) is 16.3 Å². The maximum absolute atomic E-state index is 13.4. The number of carbonyl (C=O) groups excluding carboxylic acids is 1. The van der Waals surface area contributed by atoms with E-state index in [0.29, 0.717) is 35.1 Å². The van der Waals surface area contributed by atoms with Crippen molar-refractivity contribution in [2.75, 3.05) is 11.9 Å². The zero-order valence-electron chi connectivity index (χ0n) is 16.9. The molecule has 3 rings (SSSR count). The van der Waals surface area contributed by atoms with Crippen molar-refractivity contribution >= 4 is 29.3 Å². The number of nitrogens with one attached hydrogen (secondary N) is 1. The predicted octanol–water partition coefficient (Wildman–Crippen LogP) is 6.01. The van der Waals surface area contributed by atoms with Gasteiger partial charge in [0.05, 0.1) is 6.61 Å². The molecule has 156 valence electrons. The smallest absolute Gasteiger partial charge is 0.266 e. The Kier molecular flexibility index (Phi) is 7.42. The number of rotatable bonds is 7. The topological polar surface area (TPSA) is 62.1 Å². The minimum Gasteiger partial charge on any atom is -0.494 e. The number of hydrogen-bond acceptors (Lipinski definition) is 3. The van der Waals surface area contributed by atoms with Gasteiger partial charge in [-0.25, -0.2) is 4.39 Å². The minimum atomic E-state index is -0.522. The van der Waals surface area contributed by atoms with E-state index in [0.717, 1.165) is 11.1 Å². The molecule has 0 aromatic heterocycles. The van der Waals surface area contributed by atoms with Gasteiger partial charge < -0.3 is 10.1 Å². The van der Waals surface area contributed by atoms with Crippen LogP contribution >= 0.6 is 11.6 Å². The molecule has 0 atom stereocenters. The van der Waals surface area contributed by atoms with E-state index in [-0.39, 0.29) is 11.4 Å². The zero-order valence-corrected chi connectivity index (χ0v) is 17.6. The molecular formula is C25H20ClFN2O2. The molecule has 0 spiro atoms. The number of amides is 1. The third-order valence-electron chi connectivity index (χ3n) is 4.46. The third-order valence-corrected chi connectivity index (χ3v) is 4.81. The van der Waals surface area contributed by atoms with E-state index in [1.807, 2.05) is 19.1 Å². The van der Waals surface area contributed by atoms with Gasteiger partial charge in [-0.3, -0.25) is 4.79 Å². The molecule has 0 saturated heterocycles. The highest BCUT2D eigenvalue weighted by molar-refractivity contribution is 6.31. The molecule has 1 N–H and O–H groups in total. The summed E-state index contributed by atoms with van der Waals surface area (Å²) in [6.07, 6.45) is 1.95. The van der Waals surface area contributed by atoms with Gasteiger partial charge in [-0.1, -0.05) is 35.9 Å². The van der Waals surface area contributed by atoms with Crippen molar-refractivity contribution in [2.24, 2.45) is 0 Å². The van der Waals surface area contributed by atoms with Gasteiger partial charge in [0.25, 0.3) is 5.91 Å². The first-order valence-electron chi connectivity index (χ1n) is 9.67. The monoisotopic (exact) mass is 434 g/mol. The van der Waals surface area contributed by atoms with Gasteiger partial charge in [-0.15, -0.1) is 0 Å². The number of nitrogens with zero attached hydrogens (tertiary/aromatic N) is 1. The van der Waals surface area contributed by atoms with Gasteiger partial charge in [0, 0.05) is 10.7 Å². The average Bonchev–Trinajstić information content (AvgIpc) is 2.75.